The number of rotatable bonds is 8. The van der Waals surface area contributed by atoms with Crippen LogP contribution >= 0.6 is 0 Å². The van der Waals surface area contributed by atoms with Crippen molar-refractivity contribution >= 4 is 31.2 Å². The molecule has 0 fully saturated rings. The number of aryl methyl sites for hydroxylation is 2. The molecule has 0 saturated heterocycles. The minimum absolute atomic E-state index is 0.0128. The SMILES string of the molecule is Cc1ccc(-c2ccc(S(=O)(=O)Cc3nc4c(nc3CS(=O)(=O)c3ccc(-c5ccc(C)cc5)cc3)C(=O)c3ccccc3C4=O)cc2)cc1. The van der Waals surface area contributed by atoms with E-state index in [0.29, 0.717) is 0 Å². The van der Waals surface area contributed by atoms with Crippen molar-refractivity contribution in [2.24, 2.45) is 0 Å². The molecule has 8 nitrogen and oxygen atoms in total. The van der Waals surface area contributed by atoms with Crippen LogP contribution in [0.5, 0.6) is 0 Å². The summed E-state index contributed by atoms with van der Waals surface area (Å²) in [6.07, 6.45) is 0. The van der Waals surface area contributed by atoms with Gasteiger partial charge in [-0.25, -0.2) is 26.8 Å². The van der Waals surface area contributed by atoms with E-state index in [2.05, 4.69) is 9.97 Å². The minimum Gasteiger partial charge on any atom is -0.287 e. The number of hydrogen-bond donors (Lipinski definition) is 0. The first-order chi connectivity index (χ1) is 23.9. The summed E-state index contributed by atoms with van der Waals surface area (Å²) in [6.45, 7) is 3.96. The number of carbonyl (C=O) groups excluding carboxylic acids is 2. The van der Waals surface area contributed by atoms with Gasteiger partial charge in [0.25, 0.3) is 0 Å². The summed E-state index contributed by atoms with van der Waals surface area (Å²) < 4.78 is 55.3. The van der Waals surface area contributed by atoms with Gasteiger partial charge in [-0.15, -0.1) is 0 Å². The summed E-state index contributed by atoms with van der Waals surface area (Å²) in [6, 6.07) is 34.5. The van der Waals surface area contributed by atoms with Gasteiger partial charge in [0.15, 0.2) is 19.7 Å². The van der Waals surface area contributed by atoms with E-state index in [0.717, 1.165) is 33.4 Å². The number of aromatic nitrogens is 2. The fourth-order valence-electron chi connectivity index (χ4n) is 5.92. The molecule has 1 heterocycles. The molecule has 0 radical (unpaired) electrons. The molecule has 0 spiro atoms. The molecule has 0 unspecified atom stereocenters. The van der Waals surface area contributed by atoms with Crippen molar-refractivity contribution in [3.05, 3.63) is 166 Å². The summed E-state index contributed by atoms with van der Waals surface area (Å²) in [5, 5.41) is 0. The van der Waals surface area contributed by atoms with E-state index in [1.54, 1.807) is 36.4 Å². The van der Waals surface area contributed by atoms with Crippen LogP contribution in [0.1, 0.15) is 54.6 Å². The van der Waals surface area contributed by atoms with E-state index in [-0.39, 0.29) is 43.7 Å². The van der Waals surface area contributed by atoms with Crippen molar-refractivity contribution in [1.82, 2.24) is 9.97 Å². The van der Waals surface area contributed by atoms with Crippen LogP contribution in [0.4, 0.5) is 0 Å². The van der Waals surface area contributed by atoms with E-state index >= 15 is 0 Å². The van der Waals surface area contributed by atoms with Crippen molar-refractivity contribution < 1.29 is 26.4 Å². The van der Waals surface area contributed by atoms with Crippen LogP contribution in [0, 0.1) is 13.8 Å². The van der Waals surface area contributed by atoms with Crippen LogP contribution < -0.4 is 0 Å². The fraction of sp³-hybridized carbons (Fsp3) is 0.100. The normalized spacial score (nSPS) is 12.8. The molecule has 0 bridgehead atoms. The maximum absolute atomic E-state index is 13.8. The summed E-state index contributed by atoms with van der Waals surface area (Å²) in [7, 11) is -8.23. The molecule has 0 N–H and O–H groups in total. The highest BCUT2D eigenvalue weighted by atomic mass is 32.2. The Morgan fingerprint density at radius 2 is 0.740 bits per heavy atom. The lowest BCUT2D eigenvalue weighted by Gasteiger charge is -2.19. The molecule has 0 amide bonds. The Balaban J connectivity index is 1.26. The highest BCUT2D eigenvalue weighted by molar-refractivity contribution is 7.91. The molecule has 10 heteroatoms. The molecule has 50 heavy (non-hydrogen) atoms. The van der Waals surface area contributed by atoms with E-state index < -0.39 is 42.7 Å². The fourth-order valence-corrected chi connectivity index (χ4v) is 8.53. The number of carbonyl (C=O) groups is 2. The van der Waals surface area contributed by atoms with Gasteiger partial charge in [0.2, 0.25) is 11.6 Å². The Morgan fingerprint density at radius 3 is 1.06 bits per heavy atom. The topological polar surface area (TPSA) is 128 Å². The van der Waals surface area contributed by atoms with Crippen LogP contribution in [-0.2, 0) is 31.2 Å². The molecule has 0 aliphatic heterocycles. The van der Waals surface area contributed by atoms with E-state index in [1.165, 1.54) is 36.4 Å². The first kappa shape index (κ1) is 32.9. The van der Waals surface area contributed by atoms with Crippen LogP contribution in [0.2, 0.25) is 0 Å². The Morgan fingerprint density at radius 1 is 0.440 bits per heavy atom. The van der Waals surface area contributed by atoms with E-state index in [1.807, 2.05) is 62.4 Å². The molecule has 6 aromatic rings. The number of ketones is 2. The second-order valence-corrected chi connectivity index (χ2v) is 16.3. The second kappa shape index (κ2) is 12.7. The largest absolute Gasteiger partial charge is 0.287 e. The molecule has 1 aliphatic carbocycles. The van der Waals surface area contributed by atoms with Gasteiger partial charge >= 0.3 is 0 Å². The van der Waals surface area contributed by atoms with Crippen LogP contribution in [0.3, 0.4) is 0 Å². The third kappa shape index (κ3) is 6.31. The lowest BCUT2D eigenvalue weighted by molar-refractivity contribution is 0.0971. The van der Waals surface area contributed by atoms with Crippen LogP contribution in [0.15, 0.2) is 131 Å². The lowest BCUT2D eigenvalue weighted by Crippen LogP contribution is -2.27. The summed E-state index contributed by atoms with van der Waals surface area (Å²) in [5.41, 5.74) is 4.86. The van der Waals surface area contributed by atoms with Gasteiger partial charge in [-0.3, -0.25) is 9.59 Å². The monoisotopic (exact) mass is 698 g/mol. The summed E-state index contributed by atoms with van der Waals surface area (Å²) in [4.78, 5) is 35.7. The predicted molar refractivity (Wildman–Crippen MR) is 190 cm³/mol. The zero-order chi connectivity index (χ0) is 35.2. The van der Waals surface area contributed by atoms with E-state index in [4.69, 9.17) is 0 Å². The van der Waals surface area contributed by atoms with Gasteiger partial charge in [-0.2, -0.15) is 0 Å². The Labute approximate surface area is 290 Å². The Kier molecular flexibility index (Phi) is 8.37. The number of hydrogen-bond acceptors (Lipinski definition) is 8. The van der Waals surface area contributed by atoms with Crippen molar-refractivity contribution in [2.75, 3.05) is 0 Å². The lowest BCUT2D eigenvalue weighted by atomic mass is 9.89. The Bertz CT molecular complexity index is 2350. The molecule has 1 aromatic heterocycles. The standard InChI is InChI=1S/C40H30N2O6S2/c1-25-7-11-27(12-8-25)29-15-19-31(20-16-29)49(45,46)23-35-36(42-38-37(41-35)39(43)33-5-3-4-6-34(33)40(38)44)24-50(47,48)32-21-17-30(18-22-32)28-13-9-26(2)10-14-28/h3-22H,23-24H2,1-2H3. The molecule has 1 aliphatic rings. The second-order valence-electron chi connectivity index (χ2n) is 12.3. The maximum Gasteiger partial charge on any atom is 0.214 e. The van der Waals surface area contributed by atoms with Crippen LogP contribution in [-0.4, -0.2) is 38.4 Å². The van der Waals surface area contributed by atoms with Gasteiger partial charge in [-0.05, 0) is 60.4 Å². The number of benzene rings is 5. The average molecular weight is 699 g/mol. The van der Waals surface area contributed by atoms with Crippen molar-refractivity contribution in [1.29, 1.82) is 0 Å². The summed E-state index contributed by atoms with van der Waals surface area (Å²) in [5.74, 6) is -2.66. The summed E-state index contributed by atoms with van der Waals surface area (Å²) >= 11 is 0. The zero-order valence-electron chi connectivity index (χ0n) is 27.1. The van der Waals surface area contributed by atoms with Gasteiger partial charge in [0, 0.05) is 11.1 Å². The molecule has 7 rings (SSSR count). The predicted octanol–water partition coefficient (Wildman–Crippen LogP) is 7.15. The van der Waals surface area contributed by atoms with Crippen molar-refractivity contribution in [3.63, 3.8) is 0 Å². The highest BCUT2D eigenvalue weighted by Crippen LogP contribution is 2.30. The molecular formula is C40H30N2O6S2. The highest BCUT2D eigenvalue weighted by Gasteiger charge is 2.35. The smallest absolute Gasteiger partial charge is 0.214 e. The van der Waals surface area contributed by atoms with Gasteiger partial charge in [0.05, 0.1) is 32.7 Å². The number of sulfone groups is 2. The molecule has 5 aromatic carbocycles. The van der Waals surface area contributed by atoms with E-state index in [9.17, 15) is 26.4 Å². The number of nitrogens with zero attached hydrogens (tertiary/aromatic N) is 2. The molecule has 0 atom stereocenters. The Hall–Kier alpha value is -5.58. The maximum atomic E-state index is 13.8. The third-order valence-electron chi connectivity index (χ3n) is 8.75. The zero-order valence-corrected chi connectivity index (χ0v) is 28.8. The first-order valence-corrected chi connectivity index (χ1v) is 19.1. The molecular weight excluding hydrogens is 669 g/mol. The molecule has 0 saturated carbocycles. The van der Waals surface area contributed by atoms with Crippen molar-refractivity contribution in [2.45, 2.75) is 35.1 Å². The van der Waals surface area contributed by atoms with Gasteiger partial charge in [-0.1, -0.05) is 108 Å². The quantitative estimate of drug-likeness (QED) is 0.164. The first-order valence-electron chi connectivity index (χ1n) is 15.8. The molecule has 248 valence electrons. The third-order valence-corrected chi connectivity index (χ3v) is 12.0. The minimum atomic E-state index is -4.11. The van der Waals surface area contributed by atoms with Crippen LogP contribution in [0.25, 0.3) is 22.3 Å². The number of fused-ring (bicyclic) bond motifs is 2. The van der Waals surface area contributed by atoms with Gasteiger partial charge < -0.3 is 0 Å². The van der Waals surface area contributed by atoms with Crippen molar-refractivity contribution in [3.8, 4) is 22.3 Å². The average Bonchev–Trinajstić information content (AvgIpc) is 3.12. The van der Waals surface area contributed by atoms with Gasteiger partial charge in [0.1, 0.15) is 11.4 Å².